The van der Waals surface area contributed by atoms with Gasteiger partial charge in [0, 0.05) is 17.3 Å². The molecule has 0 spiro atoms. The predicted octanol–water partition coefficient (Wildman–Crippen LogP) is 5.43. The van der Waals surface area contributed by atoms with E-state index in [2.05, 4.69) is 31.7 Å². The van der Waals surface area contributed by atoms with E-state index in [0.29, 0.717) is 21.9 Å². The standard InChI is InChI=1S/C17H12BrClF2N4S/c18-13-9-25(8-10-1-3-11(19)4-2-10)24-16(13)23-17(26)22-15-6-5-12(20)7-14(15)21/h1-7,9H,8H2,(H2,22,23,24,26). The van der Waals surface area contributed by atoms with Gasteiger partial charge >= 0.3 is 0 Å². The molecule has 0 atom stereocenters. The fourth-order valence-electron chi connectivity index (χ4n) is 2.19. The Morgan fingerprint density at radius 1 is 1.15 bits per heavy atom. The van der Waals surface area contributed by atoms with Crippen LogP contribution in [0.25, 0.3) is 0 Å². The highest BCUT2D eigenvalue weighted by Gasteiger charge is 2.11. The minimum atomic E-state index is -0.735. The highest BCUT2D eigenvalue weighted by molar-refractivity contribution is 9.10. The fraction of sp³-hybridized carbons (Fsp3) is 0.0588. The molecule has 26 heavy (non-hydrogen) atoms. The molecule has 0 aliphatic carbocycles. The molecule has 0 saturated heterocycles. The monoisotopic (exact) mass is 456 g/mol. The summed E-state index contributed by atoms with van der Waals surface area (Å²) in [6.45, 7) is 0.546. The van der Waals surface area contributed by atoms with Crippen LogP contribution in [0, 0.1) is 11.6 Å². The molecular formula is C17H12BrClF2N4S. The number of hydrogen-bond acceptors (Lipinski definition) is 2. The summed E-state index contributed by atoms with van der Waals surface area (Å²) < 4.78 is 29.0. The van der Waals surface area contributed by atoms with Crippen LogP contribution in [0.5, 0.6) is 0 Å². The summed E-state index contributed by atoms with van der Waals surface area (Å²) in [5.74, 6) is -0.920. The van der Waals surface area contributed by atoms with Crippen molar-refractivity contribution in [3.8, 4) is 0 Å². The van der Waals surface area contributed by atoms with Gasteiger partial charge in [-0.05, 0) is 58.0 Å². The summed E-state index contributed by atoms with van der Waals surface area (Å²) in [7, 11) is 0. The lowest BCUT2D eigenvalue weighted by atomic mass is 10.2. The van der Waals surface area contributed by atoms with E-state index in [-0.39, 0.29) is 10.8 Å². The zero-order valence-corrected chi connectivity index (χ0v) is 16.3. The van der Waals surface area contributed by atoms with E-state index in [9.17, 15) is 8.78 Å². The topological polar surface area (TPSA) is 41.9 Å². The average molecular weight is 458 g/mol. The number of aromatic nitrogens is 2. The Kier molecular flexibility index (Phi) is 5.85. The van der Waals surface area contributed by atoms with Gasteiger partial charge in [-0.15, -0.1) is 0 Å². The van der Waals surface area contributed by atoms with Crippen molar-refractivity contribution in [3.05, 3.63) is 75.4 Å². The van der Waals surface area contributed by atoms with E-state index >= 15 is 0 Å². The summed E-state index contributed by atoms with van der Waals surface area (Å²) in [6.07, 6.45) is 1.79. The molecule has 3 aromatic rings. The molecule has 3 rings (SSSR count). The van der Waals surface area contributed by atoms with E-state index in [1.807, 2.05) is 24.3 Å². The van der Waals surface area contributed by atoms with E-state index < -0.39 is 11.6 Å². The summed E-state index contributed by atoms with van der Waals surface area (Å²) >= 11 is 14.4. The van der Waals surface area contributed by atoms with E-state index in [0.717, 1.165) is 17.7 Å². The molecule has 0 bridgehead atoms. The van der Waals surface area contributed by atoms with E-state index in [4.69, 9.17) is 23.8 Å². The van der Waals surface area contributed by atoms with Crippen molar-refractivity contribution >= 4 is 56.4 Å². The lowest BCUT2D eigenvalue weighted by Crippen LogP contribution is -2.20. The van der Waals surface area contributed by atoms with Gasteiger partial charge < -0.3 is 10.6 Å². The largest absolute Gasteiger partial charge is 0.330 e. The molecule has 0 unspecified atom stereocenters. The normalized spacial score (nSPS) is 10.6. The number of nitrogens with one attached hydrogen (secondary N) is 2. The van der Waals surface area contributed by atoms with Gasteiger partial charge in [-0.1, -0.05) is 23.7 Å². The van der Waals surface area contributed by atoms with Crippen molar-refractivity contribution in [2.24, 2.45) is 0 Å². The number of halogens is 4. The van der Waals surface area contributed by atoms with Crippen molar-refractivity contribution < 1.29 is 8.78 Å². The molecule has 1 heterocycles. The Morgan fingerprint density at radius 2 is 1.88 bits per heavy atom. The Bertz CT molecular complexity index is 946. The number of benzene rings is 2. The summed E-state index contributed by atoms with van der Waals surface area (Å²) in [4.78, 5) is 0. The van der Waals surface area contributed by atoms with Gasteiger partial charge in [0.05, 0.1) is 16.7 Å². The molecule has 0 fully saturated rings. The maximum atomic E-state index is 13.7. The SMILES string of the molecule is Fc1ccc(NC(=S)Nc2nn(Cc3ccc(Cl)cc3)cc2Br)c(F)c1. The minimum absolute atomic E-state index is 0.0700. The molecule has 0 amide bonds. The number of hydrogen-bond donors (Lipinski definition) is 2. The molecule has 1 aromatic heterocycles. The maximum Gasteiger partial charge on any atom is 0.176 e. The first-order valence-electron chi connectivity index (χ1n) is 7.41. The smallest absolute Gasteiger partial charge is 0.176 e. The van der Waals surface area contributed by atoms with Crippen LogP contribution in [0.15, 0.2) is 53.1 Å². The third kappa shape index (κ3) is 4.78. The van der Waals surface area contributed by atoms with Crippen molar-refractivity contribution in [3.63, 3.8) is 0 Å². The molecule has 0 radical (unpaired) electrons. The predicted molar refractivity (Wildman–Crippen MR) is 107 cm³/mol. The summed E-state index contributed by atoms with van der Waals surface area (Å²) in [5, 5.41) is 10.7. The zero-order valence-electron chi connectivity index (χ0n) is 13.1. The van der Waals surface area contributed by atoms with Crippen molar-refractivity contribution in [1.29, 1.82) is 0 Å². The van der Waals surface area contributed by atoms with Crippen LogP contribution in [-0.4, -0.2) is 14.9 Å². The molecule has 4 nitrogen and oxygen atoms in total. The third-order valence-corrected chi connectivity index (χ3v) is 4.42. The van der Waals surface area contributed by atoms with Crippen LogP contribution in [-0.2, 0) is 6.54 Å². The van der Waals surface area contributed by atoms with E-state index in [1.54, 1.807) is 10.9 Å². The van der Waals surface area contributed by atoms with Crippen LogP contribution in [0.2, 0.25) is 5.02 Å². The second-order valence-electron chi connectivity index (χ2n) is 5.35. The minimum Gasteiger partial charge on any atom is -0.330 e. The van der Waals surface area contributed by atoms with Crippen molar-refractivity contribution in [2.45, 2.75) is 6.54 Å². The van der Waals surface area contributed by atoms with Crippen molar-refractivity contribution in [2.75, 3.05) is 10.6 Å². The first-order chi connectivity index (χ1) is 12.4. The van der Waals surface area contributed by atoms with Crippen LogP contribution in [0.4, 0.5) is 20.3 Å². The number of thiocarbonyl (C=S) groups is 1. The Morgan fingerprint density at radius 3 is 2.58 bits per heavy atom. The number of rotatable bonds is 4. The Labute approximate surface area is 167 Å². The zero-order chi connectivity index (χ0) is 18.7. The van der Waals surface area contributed by atoms with Crippen molar-refractivity contribution in [1.82, 2.24) is 9.78 Å². The van der Waals surface area contributed by atoms with Crippen LogP contribution >= 0.6 is 39.7 Å². The van der Waals surface area contributed by atoms with Gasteiger partial charge in [-0.2, -0.15) is 5.10 Å². The molecule has 2 aromatic carbocycles. The van der Waals surface area contributed by atoms with Gasteiger partial charge in [0.15, 0.2) is 10.9 Å². The highest BCUT2D eigenvalue weighted by atomic mass is 79.9. The van der Waals surface area contributed by atoms with Gasteiger partial charge in [0.1, 0.15) is 11.6 Å². The molecule has 2 N–H and O–H groups in total. The number of nitrogens with zero attached hydrogens (tertiary/aromatic N) is 2. The number of anilines is 2. The molecule has 0 saturated carbocycles. The third-order valence-electron chi connectivity index (χ3n) is 3.39. The lowest BCUT2D eigenvalue weighted by Gasteiger charge is -2.10. The van der Waals surface area contributed by atoms with E-state index in [1.165, 1.54) is 6.07 Å². The molecule has 9 heteroatoms. The second-order valence-corrected chi connectivity index (χ2v) is 7.05. The molecule has 0 aliphatic rings. The van der Waals surface area contributed by atoms with Gasteiger partial charge in [-0.25, -0.2) is 8.78 Å². The maximum absolute atomic E-state index is 13.7. The molecular weight excluding hydrogens is 446 g/mol. The first kappa shape index (κ1) is 18.8. The van der Waals surface area contributed by atoms with Crippen LogP contribution in [0.1, 0.15) is 5.56 Å². The van der Waals surface area contributed by atoms with Gasteiger partial charge in [0.25, 0.3) is 0 Å². The van der Waals surface area contributed by atoms with Gasteiger partial charge in [0.2, 0.25) is 0 Å². The Balaban J connectivity index is 1.67. The van der Waals surface area contributed by atoms with Crippen LogP contribution in [0.3, 0.4) is 0 Å². The second kappa shape index (κ2) is 8.11. The molecule has 0 aliphatic heterocycles. The lowest BCUT2D eigenvalue weighted by molar-refractivity contribution is 0.586. The van der Waals surface area contributed by atoms with Crippen LogP contribution < -0.4 is 10.6 Å². The van der Waals surface area contributed by atoms with Gasteiger partial charge in [-0.3, -0.25) is 4.68 Å². The first-order valence-corrected chi connectivity index (χ1v) is 8.99. The fourth-order valence-corrected chi connectivity index (χ4v) is 2.94. The summed E-state index contributed by atoms with van der Waals surface area (Å²) in [6, 6.07) is 10.6. The quantitative estimate of drug-likeness (QED) is 0.512. The summed E-state index contributed by atoms with van der Waals surface area (Å²) in [5.41, 5.74) is 1.10. The Hall–Kier alpha value is -2.03. The molecule has 134 valence electrons. The average Bonchev–Trinajstić information content (AvgIpc) is 2.91. The highest BCUT2D eigenvalue weighted by Crippen LogP contribution is 2.22.